The largest absolute Gasteiger partial charge is 0.454 e. The van der Waals surface area contributed by atoms with Crippen molar-refractivity contribution in [2.24, 2.45) is 0 Å². The van der Waals surface area contributed by atoms with Crippen LogP contribution in [0.25, 0.3) is 0 Å². The maximum atomic E-state index is 13.2. The third kappa shape index (κ3) is 1.75. The van der Waals surface area contributed by atoms with Crippen LogP contribution in [0.5, 0.6) is 11.5 Å². The van der Waals surface area contributed by atoms with Crippen molar-refractivity contribution in [1.29, 1.82) is 0 Å². The third-order valence-corrected chi connectivity index (χ3v) is 4.71. The van der Waals surface area contributed by atoms with Crippen molar-refractivity contribution < 1.29 is 14.3 Å². The van der Waals surface area contributed by atoms with Crippen LogP contribution in [0.4, 0.5) is 5.69 Å². The molecule has 0 saturated carbocycles. The van der Waals surface area contributed by atoms with Crippen molar-refractivity contribution in [2.75, 3.05) is 18.7 Å². The van der Waals surface area contributed by atoms with Crippen LogP contribution in [0.3, 0.4) is 0 Å². The van der Waals surface area contributed by atoms with E-state index in [1.165, 1.54) is 0 Å². The van der Waals surface area contributed by atoms with Gasteiger partial charge in [-0.3, -0.25) is 4.79 Å². The highest BCUT2D eigenvalue weighted by atomic mass is 16.7. The zero-order valence-corrected chi connectivity index (χ0v) is 12.9. The summed E-state index contributed by atoms with van der Waals surface area (Å²) in [5.41, 5.74) is 2.10. The number of nitrogens with zero attached hydrogens (tertiary/aromatic N) is 1. The first-order valence-electron chi connectivity index (χ1n) is 7.57. The molecule has 0 spiro atoms. The second kappa shape index (κ2) is 4.88. The summed E-state index contributed by atoms with van der Waals surface area (Å²) < 4.78 is 10.9. The van der Waals surface area contributed by atoms with Crippen LogP contribution in [0.1, 0.15) is 17.5 Å². The number of para-hydroxylation sites is 1. The lowest BCUT2D eigenvalue weighted by Crippen LogP contribution is -2.39. The molecule has 2 aromatic carbocycles. The molecule has 4 rings (SSSR count). The lowest BCUT2D eigenvalue weighted by atomic mass is 9.73. The number of anilines is 1. The van der Waals surface area contributed by atoms with Gasteiger partial charge in [-0.2, -0.15) is 0 Å². The standard InChI is InChI=1S/C19H17NO3/c1-3-10-19(13-8-9-16-17(11-13)23-12-22-16)14-6-4-5-7-15(14)20(2)18(19)21/h3-9,11H,1,10,12H2,2H3/t19-/m0/s1. The Balaban J connectivity index is 1.97. The van der Waals surface area contributed by atoms with Crippen molar-refractivity contribution in [3.05, 3.63) is 66.2 Å². The van der Waals surface area contributed by atoms with Crippen LogP contribution >= 0.6 is 0 Å². The van der Waals surface area contributed by atoms with E-state index in [4.69, 9.17) is 9.47 Å². The van der Waals surface area contributed by atoms with E-state index < -0.39 is 5.41 Å². The summed E-state index contributed by atoms with van der Waals surface area (Å²) in [5, 5.41) is 0. The molecule has 23 heavy (non-hydrogen) atoms. The predicted molar refractivity (Wildman–Crippen MR) is 88.0 cm³/mol. The summed E-state index contributed by atoms with van der Waals surface area (Å²) in [4.78, 5) is 14.9. The number of benzene rings is 2. The fourth-order valence-electron chi connectivity index (χ4n) is 3.61. The van der Waals surface area contributed by atoms with E-state index in [0.717, 1.165) is 22.6 Å². The van der Waals surface area contributed by atoms with Gasteiger partial charge in [-0.05, 0) is 35.7 Å². The van der Waals surface area contributed by atoms with E-state index >= 15 is 0 Å². The molecular weight excluding hydrogens is 290 g/mol. The van der Waals surface area contributed by atoms with Crippen molar-refractivity contribution in [1.82, 2.24) is 0 Å². The van der Waals surface area contributed by atoms with E-state index in [9.17, 15) is 4.79 Å². The molecule has 0 aliphatic carbocycles. The molecule has 0 N–H and O–H groups in total. The highest BCUT2D eigenvalue weighted by molar-refractivity contribution is 6.10. The number of hydrogen-bond acceptors (Lipinski definition) is 3. The topological polar surface area (TPSA) is 38.8 Å². The van der Waals surface area contributed by atoms with E-state index in [-0.39, 0.29) is 12.7 Å². The number of rotatable bonds is 3. The van der Waals surface area contributed by atoms with Crippen molar-refractivity contribution >= 4 is 11.6 Å². The number of ether oxygens (including phenoxy) is 2. The first-order valence-corrected chi connectivity index (χ1v) is 7.57. The molecular formula is C19H17NO3. The summed E-state index contributed by atoms with van der Waals surface area (Å²) in [7, 11) is 1.82. The first-order chi connectivity index (χ1) is 11.2. The van der Waals surface area contributed by atoms with Gasteiger partial charge < -0.3 is 14.4 Å². The van der Waals surface area contributed by atoms with Gasteiger partial charge in [-0.1, -0.05) is 30.3 Å². The van der Waals surface area contributed by atoms with Crippen molar-refractivity contribution in [3.63, 3.8) is 0 Å². The predicted octanol–water partition coefficient (Wildman–Crippen LogP) is 3.25. The zero-order chi connectivity index (χ0) is 16.0. The molecule has 0 saturated heterocycles. The fraction of sp³-hybridized carbons (Fsp3) is 0.211. The summed E-state index contributed by atoms with van der Waals surface area (Å²) in [5.74, 6) is 1.46. The molecule has 2 aliphatic heterocycles. The molecule has 116 valence electrons. The minimum atomic E-state index is -0.756. The smallest absolute Gasteiger partial charge is 0.242 e. The Kier molecular flexibility index (Phi) is 2.94. The molecule has 4 heteroatoms. The third-order valence-electron chi connectivity index (χ3n) is 4.71. The van der Waals surface area contributed by atoms with Crippen molar-refractivity contribution in [3.8, 4) is 11.5 Å². The lowest BCUT2D eigenvalue weighted by molar-refractivity contribution is -0.121. The van der Waals surface area contributed by atoms with Crippen LogP contribution in [-0.2, 0) is 10.2 Å². The number of hydrogen-bond donors (Lipinski definition) is 0. The van der Waals surface area contributed by atoms with Crippen LogP contribution in [-0.4, -0.2) is 19.7 Å². The fourth-order valence-corrected chi connectivity index (χ4v) is 3.61. The Morgan fingerprint density at radius 2 is 2.00 bits per heavy atom. The number of fused-ring (bicyclic) bond motifs is 2. The van der Waals surface area contributed by atoms with E-state index in [1.807, 2.05) is 49.5 Å². The second-order valence-electron chi connectivity index (χ2n) is 5.85. The van der Waals surface area contributed by atoms with Crippen molar-refractivity contribution in [2.45, 2.75) is 11.8 Å². The van der Waals surface area contributed by atoms with Crippen LogP contribution in [0.15, 0.2) is 55.1 Å². The molecule has 0 bridgehead atoms. The zero-order valence-electron chi connectivity index (χ0n) is 12.9. The summed E-state index contributed by atoms with van der Waals surface area (Å²) in [6, 6.07) is 13.7. The van der Waals surface area contributed by atoms with Gasteiger partial charge in [0.25, 0.3) is 0 Å². The number of amides is 1. The van der Waals surface area contributed by atoms with Gasteiger partial charge in [-0.25, -0.2) is 0 Å². The SMILES string of the molecule is C=CC[C@@]1(c2ccc3c(c2)OCO3)C(=O)N(C)c2ccccc21. The minimum Gasteiger partial charge on any atom is -0.454 e. The van der Waals surface area contributed by atoms with Crippen LogP contribution < -0.4 is 14.4 Å². The Hall–Kier alpha value is -2.75. The van der Waals surface area contributed by atoms with Crippen LogP contribution in [0, 0.1) is 0 Å². The number of likely N-dealkylation sites (N-methyl/N-ethyl adjacent to an activating group) is 1. The normalized spacial score (nSPS) is 21.4. The quantitative estimate of drug-likeness (QED) is 0.817. The summed E-state index contributed by atoms with van der Waals surface area (Å²) in [6.07, 6.45) is 2.34. The Labute approximate surface area is 134 Å². The summed E-state index contributed by atoms with van der Waals surface area (Å²) >= 11 is 0. The first kappa shape index (κ1) is 13.9. The number of carbonyl (C=O) groups is 1. The second-order valence-corrected chi connectivity index (χ2v) is 5.85. The minimum absolute atomic E-state index is 0.0532. The molecule has 1 amide bonds. The molecule has 0 aromatic heterocycles. The molecule has 2 aromatic rings. The average molecular weight is 307 g/mol. The van der Waals surface area contributed by atoms with Gasteiger partial charge in [0.05, 0.1) is 0 Å². The molecule has 1 atom stereocenters. The maximum absolute atomic E-state index is 13.2. The monoisotopic (exact) mass is 307 g/mol. The molecule has 0 radical (unpaired) electrons. The highest BCUT2D eigenvalue weighted by Gasteiger charge is 2.50. The number of carbonyl (C=O) groups excluding carboxylic acids is 1. The Morgan fingerprint density at radius 1 is 1.22 bits per heavy atom. The van der Waals surface area contributed by atoms with Gasteiger partial charge in [-0.15, -0.1) is 6.58 Å². The summed E-state index contributed by atoms with van der Waals surface area (Å²) in [6.45, 7) is 4.09. The van der Waals surface area contributed by atoms with Gasteiger partial charge >= 0.3 is 0 Å². The highest BCUT2D eigenvalue weighted by Crippen LogP contribution is 2.49. The number of allylic oxidation sites excluding steroid dienone is 1. The van der Waals surface area contributed by atoms with Gasteiger partial charge in [0.1, 0.15) is 5.41 Å². The molecule has 2 heterocycles. The molecule has 0 unspecified atom stereocenters. The Morgan fingerprint density at radius 3 is 2.83 bits per heavy atom. The average Bonchev–Trinajstić information content (AvgIpc) is 3.13. The maximum Gasteiger partial charge on any atom is 0.242 e. The van der Waals surface area contributed by atoms with Gasteiger partial charge in [0, 0.05) is 12.7 Å². The van der Waals surface area contributed by atoms with Gasteiger partial charge in [0.15, 0.2) is 11.5 Å². The van der Waals surface area contributed by atoms with E-state index in [1.54, 1.807) is 11.0 Å². The van der Waals surface area contributed by atoms with Crippen LogP contribution in [0.2, 0.25) is 0 Å². The molecule has 2 aliphatic rings. The molecule has 4 nitrogen and oxygen atoms in total. The Bertz CT molecular complexity index is 814. The lowest BCUT2D eigenvalue weighted by Gasteiger charge is -2.28. The van der Waals surface area contributed by atoms with Gasteiger partial charge in [0.2, 0.25) is 12.7 Å². The van der Waals surface area contributed by atoms with E-state index in [0.29, 0.717) is 12.2 Å². The molecule has 0 fully saturated rings. The van der Waals surface area contributed by atoms with E-state index in [2.05, 4.69) is 6.58 Å².